The van der Waals surface area contributed by atoms with E-state index in [0.717, 1.165) is 59.6 Å². The average molecular weight is 842 g/mol. The molecular formula is C47H62F2N8O4. The number of aryl methyl sites for hydroxylation is 2. The third kappa shape index (κ3) is 8.20. The van der Waals surface area contributed by atoms with E-state index in [2.05, 4.69) is 64.0 Å². The molecule has 1 N–H and O–H groups in total. The van der Waals surface area contributed by atoms with Crippen molar-refractivity contribution in [2.45, 2.75) is 125 Å². The lowest BCUT2D eigenvalue weighted by Crippen LogP contribution is -2.52. The zero-order chi connectivity index (χ0) is 45.1. The van der Waals surface area contributed by atoms with Crippen LogP contribution in [0.25, 0.3) is 5.69 Å². The van der Waals surface area contributed by atoms with Crippen LogP contribution in [-0.4, -0.2) is 79.6 Å². The molecule has 2 saturated heterocycles. The van der Waals surface area contributed by atoms with Crippen LogP contribution in [0.4, 0.5) is 20.2 Å². The van der Waals surface area contributed by atoms with E-state index in [1.165, 1.54) is 11.0 Å². The molecule has 2 aliphatic rings. The molecule has 328 valence electrons. The molecule has 2 aromatic heterocycles. The molecule has 0 radical (unpaired) electrons. The smallest absolute Gasteiger partial charge is 0.350 e. The second-order valence-electron chi connectivity index (χ2n) is 19.0. The van der Waals surface area contributed by atoms with Crippen molar-refractivity contribution in [1.29, 1.82) is 1.43 Å². The van der Waals surface area contributed by atoms with Gasteiger partial charge in [-0.25, -0.2) is 32.5 Å². The number of nitrogens with zero attached hydrogens (tertiary/aromatic N) is 8. The molecule has 2 fully saturated rings. The van der Waals surface area contributed by atoms with E-state index >= 15 is 4.39 Å². The molecule has 61 heavy (non-hydrogen) atoms. The van der Waals surface area contributed by atoms with Crippen molar-refractivity contribution < 1.29 is 23.4 Å². The number of hydrogen-bond donors (Lipinski definition) is 1. The van der Waals surface area contributed by atoms with Crippen LogP contribution in [0.5, 0.6) is 5.75 Å². The number of ether oxygens (including phenoxy) is 2. The van der Waals surface area contributed by atoms with Crippen molar-refractivity contribution >= 4 is 11.4 Å². The average Bonchev–Trinajstić information content (AvgIpc) is 3.96. The van der Waals surface area contributed by atoms with Gasteiger partial charge in [0, 0.05) is 54.6 Å². The van der Waals surface area contributed by atoms with Crippen molar-refractivity contribution in [3.8, 4) is 11.4 Å². The molecule has 0 amide bonds. The summed E-state index contributed by atoms with van der Waals surface area (Å²) in [7, 11) is 0. The Morgan fingerprint density at radius 3 is 2.31 bits per heavy atom. The summed E-state index contributed by atoms with van der Waals surface area (Å²) >= 11 is 0. The fourth-order valence-electron chi connectivity index (χ4n) is 10.1. The van der Waals surface area contributed by atoms with E-state index in [1.807, 2.05) is 52.8 Å². The number of hydrogen-bond acceptors (Lipinski definition) is 9. The highest BCUT2D eigenvalue weighted by atomic mass is 19.1. The van der Waals surface area contributed by atoms with Gasteiger partial charge in [0.1, 0.15) is 42.0 Å². The Kier molecular flexibility index (Phi) is 11.4. The van der Waals surface area contributed by atoms with Crippen molar-refractivity contribution in [1.82, 2.24) is 29.1 Å². The van der Waals surface area contributed by atoms with Crippen LogP contribution in [0.1, 0.15) is 102 Å². The lowest BCUT2D eigenvalue weighted by molar-refractivity contribution is -0.0787. The van der Waals surface area contributed by atoms with E-state index in [4.69, 9.17) is 16.0 Å². The Bertz CT molecular complexity index is 2460. The molecule has 0 saturated carbocycles. The lowest BCUT2D eigenvalue weighted by Gasteiger charge is -2.43. The fraction of sp³-hybridized carbons (Fsp3) is 0.532. The number of benzene rings is 3. The third-order valence-electron chi connectivity index (χ3n) is 13.1. The van der Waals surface area contributed by atoms with Crippen LogP contribution in [0.3, 0.4) is 0 Å². The van der Waals surface area contributed by atoms with Crippen LogP contribution in [-0.2, 0) is 10.3 Å². The summed E-state index contributed by atoms with van der Waals surface area (Å²) in [6.45, 7) is 26.2. The number of aliphatic hydroxyl groups is 1. The standard InChI is InChI=1S/C47H62F2N8O4/c1-28-19-37(55-27-52-57(44(55)58)43(45(8,9)10)46(11,12)59)13-15-40(28)53-17-18-54(30(3)23-53)36-14-16-41(29(2)20-36)60-24-35-22-47(61-33(35)6,34(7)56-26-50-25-51-56)42-32(5)31(4)38(48)21-39(42)49/h13-16,19-21,25-27,30,33-35,43,59H,17-18,22-24H2,1-12H3/t30?,33?,34-,35+,43-,47-/m0/s1/i59D. The van der Waals surface area contributed by atoms with Gasteiger partial charge < -0.3 is 24.4 Å². The lowest BCUT2D eigenvalue weighted by atomic mass is 9.78. The van der Waals surface area contributed by atoms with E-state index in [0.29, 0.717) is 29.7 Å². The Morgan fingerprint density at radius 1 is 0.951 bits per heavy atom. The predicted octanol–water partition coefficient (Wildman–Crippen LogP) is 8.17. The summed E-state index contributed by atoms with van der Waals surface area (Å²) in [6, 6.07) is 12.7. The minimum absolute atomic E-state index is 0.0871. The number of rotatable bonds is 12. The quantitative estimate of drug-likeness (QED) is 0.133. The van der Waals surface area contributed by atoms with E-state index < -0.39 is 40.3 Å². The molecular weight excluding hydrogens is 779 g/mol. The molecule has 5 aromatic rings. The summed E-state index contributed by atoms with van der Waals surface area (Å²) in [4.78, 5) is 22.7. The van der Waals surface area contributed by atoms with Gasteiger partial charge in [-0.05, 0) is 133 Å². The molecule has 6 atom stereocenters. The number of anilines is 2. The minimum atomic E-state index is -1.12. The summed E-state index contributed by atoms with van der Waals surface area (Å²) in [5.41, 5.74) is 3.57. The molecule has 14 heteroatoms. The Balaban J connectivity index is 1.02. The normalized spacial score (nSPS) is 22.4. The molecule has 2 unspecified atom stereocenters. The summed E-state index contributed by atoms with van der Waals surface area (Å²) < 4.78 is 56.2. The zero-order valence-corrected chi connectivity index (χ0v) is 37.7. The number of aromatic nitrogens is 6. The SMILES string of the molecule is [2H]OC(C)(C)[C@@H](n1ncn(-c2ccc(N3CCN(c4ccc(OC[C@H]5C[C@@](c6c(F)cc(F)c(C)c6C)([C@H](C)n6cncn6)OC5C)c(C)c4)C(C)C3)c(C)c2)c1=O)C(C)(C)C. The molecule has 0 aliphatic carbocycles. The first-order chi connectivity index (χ1) is 29.2. The highest BCUT2D eigenvalue weighted by Gasteiger charge is 2.53. The maximum Gasteiger partial charge on any atom is 0.350 e. The van der Waals surface area contributed by atoms with Gasteiger partial charge in [0.15, 0.2) is 0 Å². The zero-order valence-electron chi connectivity index (χ0n) is 38.7. The van der Waals surface area contributed by atoms with Gasteiger partial charge in [-0.15, -0.1) is 0 Å². The Morgan fingerprint density at radius 2 is 1.67 bits per heavy atom. The van der Waals surface area contributed by atoms with Gasteiger partial charge in [-0.1, -0.05) is 20.8 Å². The van der Waals surface area contributed by atoms with Gasteiger partial charge in [0.2, 0.25) is 1.43 Å². The van der Waals surface area contributed by atoms with Crippen LogP contribution in [0.15, 0.2) is 66.2 Å². The number of piperazine rings is 1. The first kappa shape index (κ1) is 42.6. The van der Waals surface area contributed by atoms with Crippen LogP contribution < -0.4 is 20.2 Å². The van der Waals surface area contributed by atoms with Crippen LogP contribution >= 0.6 is 0 Å². The van der Waals surface area contributed by atoms with Crippen molar-refractivity contribution in [3.63, 3.8) is 0 Å². The molecule has 7 rings (SSSR count). The first-order valence-corrected chi connectivity index (χ1v) is 21.3. The molecule has 12 nitrogen and oxygen atoms in total. The second-order valence-corrected chi connectivity index (χ2v) is 19.0. The van der Waals surface area contributed by atoms with Crippen LogP contribution in [0, 0.1) is 50.7 Å². The fourth-order valence-corrected chi connectivity index (χ4v) is 10.1. The van der Waals surface area contributed by atoms with E-state index in [1.54, 1.807) is 49.6 Å². The molecule has 0 bridgehead atoms. The predicted molar refractivity (Wildman–Crippen MR) is 234 cm³/mol. The maximum atomic E-state index is 15.8. The molecule has 0 spiro atoms. The number of halogens is 2. The summed E-state index contributed by atoms with van der Waals surface area (Å²) in [6.07, 6.45) is 4.76. The monoisotopic (exact) mass is 841 g/mol. The van der Waals surface area contributed by atoms with Crippen LogP contribution in [0.2, 0.25) is 0 Å². The van der Waals surface area contributed by atoms with Crippen molar-refractivity contribution in [2.75, 3.05) is 36.0 Å². The van der Waals surface area contributed by atoms with Crippen molar-refractivity contribution in [3.05, 3.63) is 111 Å². The van der Waals surface area contributed by atoms with Gasteiger partial charge >= 0.3 is 5.69 Å². The van der Waals surface area contributed by atoms with Gasteiger partial charge in [-0.3, -0.25) is 0 Å². The minimum Gasteiger partial charge on any atom is -0.493 e. The molecule has 2 aliphatic heterocycles. The highest BCUT2D eigenvalue weighted by Crippen LogP contribution is 2.52. The van der Waals surface area contributed by atoms with Gasteiger partial charge in [-0.2, -0.15) is 10.2 Å². The molecule has 4 heterocycles. The highest BCUT2D eigenvalue weighted by molar-refractivity contribution is 5.60. The molecule has 3 aromatic carbocycles. The largest absolute Gasteiger partial charge is 0.493 e. The first-order valence-electron chi connectivity index (χ1n) is 21.7. The Labute approximate surface area is 359 Å². The second kappa shape index (κ2) is 16.3. The topological polar surface area (TPSA) is 116 Å². The Hall–Kier alpha value is -5.08. The van der Waals surface area contributed by atoms with E-state index in [-0.39, 0.29) is 23.8 Å². The summed E-state index contributed by atoms with van der Waals surface area (Å²) in [5, 5.41) is 13.9. The van der Waals surface area contributed by atoms with Gasteiger partial charge in [0.05, 0.1) is 36.1 Å². The van der Waals surface area contributed by atoms with E-state index in [9.17, 15) is 9.18 Å². The maximum absolute atomic E-state index is 15.8. The van der Waals surface area contributed by atoms with Crippen molar-refractivity contribution in [2.24, 2.45) is 11.3 Å². The summed E-state index contributed by atoms with van der Waals surface area (Å²) in [5.74, 6) is -0.526. The third-order valence-corrected chi connectivity index (χ3v) is 13.1. The van der Waals surface area contributed by atoms with Gasteiger partial charge in [0.25, 0.3) is 0 Å².